The Hall–Kier alpha value is 0.200. The zero-order valence-corrected chi connectivity index (χ0v) is 11.3. The highest BCUT2D eigenvalue weighted by molar-refractivity contribution is 8.13. The highest BCUT2D eigenvalue weighted by Crippen LogP contribution is 2.19. The average Bonchev–Trinajstić information content (AvgIpc) is 2.07. The maximum Gasteiger partial charge on any atom is 0.232 e. The molecule has 0 fully saturated rings. The molecule has 0 aliphatic rings. The number of methoxy groups -OCH3 is 1. The van der Waals surface area contributed by atoms with Gasteiger partial charge >= 0.3 is 0 Å². The summed E-state index contributed by atoms with van der Waals surface area (Å²) in [5.41, 5.74) is 0. The summed E-state index contributed by atoms with van der Waals surface area (Å²) in [6, 6.07) is 0. The predicted octanol–water partition coefficient (Wildman–Crippen LogP) is 2.64. The zero-order chi connectivity index (χ0) is 11.9. The van der Waals surface area contributed by atoms with Gasteiger partial charge in [0, 0.05) is 24.4 Å². The maximum atomic E-state index is 11.0. The van der Waals surface area contributed by atoms with E-state index in [1.165, 1.54) is 0 Å². The fourth-order valence-electron chi connectivity index (χ4n) is 1.45. The lowest BCUT2D eigenvalue weighted by molar-refractivity contribution is 0.177. The van der Waals surface area contributed by atoms with Gasteiger partial charge in [0.25, 0.3) is 0 Å². The Bertz CT molecular complexity index is 249. The van der Waals surface area contributed by atoms with Gasteiger partial charge in [-0.25, -0.2) is 8.42 Å². The smallest absolute Gasteiger partial charge is 0.232 e. The van der Waals surface area contributed by atoms with E-state index < -0.39 is 9.05 Å². The summed E-state index contributed by atoms with van der Waals surface area (Å²) in [4.78, 5) is 0. The summed E-state index contributed by atoms with van der Waals surface area (Å²) >= 11 is 0. The summed E-state index contributed by atoms with van der Waals surface area (Å²) in [7, 11) is 3.49. The Morgan fingerprint density at radius 3 is 2.20 bits per heavy atom. The first-order chi connectivity index (χ1) is 6.85. The van der Waals surface area contributed by atoms with Gasteiger partial charge in [0.15, 0.2) is 0 Å². The van der Waals surface area contributed by atoms with Gasteiger partial charge in [-0.3, -0.25) is 0 Å². The van der Waals surface area contributed by atoms with Crippen molar-refractivity contribution in [1.29, 1.82) is 0 Å². The van der Waals surface area contributed by atoms with Crippen molar-refractivity contribution >= 4 is 19.7 Å². The van der Waals surface area contributed by atoms with Crippen molar-refractivity contribution in [1.82, 2.24) is 0 Å². The maximum absolute atomic E-state index is 11.0. The lowest BCUT2D eigenvalue weighted by Crippen LogP contribution is -2.15. The van der Waals surface area contributed by atoms with Crippen molar-refractivity contribution in [2.24, 2.45) is 11.8 Å². The van der Waals surface area contributed by atoms with Crippen molar-refractivity contribution in [3.8, 4) is 0 Å². The molecule has 0 heterocycles. The highest BCUT2D eigenvalue weighted by Gasteiger charge is 2.17. The second kappa shape index (κ2) is 7.47. The van der Waals surface area contributed by atoms with E-state index in [-0.39, 0.29) is 11.7 Å². The summed E-state index contributed by atoms with van der Waals surface area (Å²) in [6.07, 6.45) is 2.68. The van der Waals surface area contributed by atoms with E-state index in [0.717, 1.165) is 19.3 Å². The minimum Gasteiger partial charge on any atom is -0.385 e. The van der Waals surface area contributed by atoms with E-state index >= 15 is 0 Å². The first kappa shape index (κ1) is 15.2. The second-order valence-electron chi connectivity index (χ2n) is 4.32. The third-order valence-corrected chi connectivity index (χ3v) is 3.56. The van der Waals surface area contributed by atoms with Gasteiger partial charge in [-0.05, 0) is 24.7 Å². The van der Waals surface area contributed by atoms with Crippen molar-refractivity contribution in [3.05, 3.63) is 0 Å². The summed E-state index contributed by atoms with van der Waals surface area (Å²) in [6.45, 7) is 4.85. The molecule has 0 rings (SSSR count). The van der Waals surface area contributed by atoms with Gasteiger partial charge in [-0.15, -0.1) is 0 Å². The van der Waals surface area contributed by atoms with Crippen LogP contribution in [0.25, 0.3) is 0 Å². The van der Waals surface area contributed by atoms with Gasteiger partial charge in [0.1, 0.15) is 0 Å². The highest BCUT2D eigenvalue weighted by atomic mass is 35.7. The quantitative estimate of drug-likeness (QED) is 0.627. The molecule has 92 valence electrons. The van der Waals surface area contributed by atoms with Crippen LogP contribution in [0.4, 0.5) is 0 Å². The first-order valence-electron chi connectivity index (χ1n) is 5.26. The van der Waals surface area contributed by atoms with E-state index in [1.807, 2.05) is 0 Å². The van der Waals surface area contributed by atoms with Gasteiger partial charge in [-0.1, -0.05) is 20.3 Å². The van der Waals surface area contributed by atoms with Gasteiger partial charge in [-0.2, -0.15) is 0 Å². The topological polar surface area (TPSA) is 43.4 Å². The molecule has 15 heavy (non-hydrogen) atoms. The molecule has 0 saturated heterocycles. The molecule has 5 heteroatoms. The third-order valence-electron chi connectivity index (χ3n) is 2.32. The zero-order valence-electron chi connectivity index (χ0n) is 9.70. The molecule has 0 N–H and O–H groups in total. The van der Waals surface area contributed by atoms with Gasteiger partial charge < -0.3 is 4.74 Å². The van der Waals surface area contributed by atoms with E-state index in [1.54, 1.807) is 7.11 Å². The number of hydrogen-bond donors (Lipinski definition) is 0. The van der Waals surface area contributed by atoms with Crippen LogP contribution in [0, 0.1) is 11.8 Å². The number of rotatable bonds is 8. The fraction of sp³-hybridized carbons (Fsp3) is 1.00. The summed E-state index contributed by atoms with van der Waals surface area (Å²) in [5, 5.41) is 0. The standard InChI is InChI=1S/C10H21ClO3S/c1-9(2)4-5-10(6-7-14-3)8-15(11,12)13/h9-10H,4-8H2,1-3H3. The van der Waals surface area contributed by atoms with Crippen LogP contribution in [0.1, 0.15) is 33.1 Å². The third kappa shape index (κ3) is 10.5. The molecule has 0 amide bonds. The Labute approximate surface area is 97.6 Å². The minimum absolute atomic E-state index is 0.0602. The van der Waals surface area contributed by atoms with Crippen LogP contribution in [0.15, 0.2) is 0 Å². The van der Waals surface area contributed by atoms with Crippen LogP contribution < -0.4 is 0 Å². The van der Waals surface area contributed by atoms with Crippen molar-refractivity contribution < 1.29 is 13.2 Å². The van der Waals surface area contributed by atoms with E-state index in [4.69, 9.17) is 15.4 Å². The van der Waals surface area contributed by atoms with Crippen LogP contribution in [0.5, 0.6) is 0 Å². The summed E-state index contributed by atoms with van der Waals surface area (Å²) < 4.78 is 26.9. The molecule has 0 aromatic carbocycles. The van der Waals surface area contributed by atoms with Crippen LogP contribution >= 0.6 is 10.7 Å². The molecule has 1 atom stereocenters. The van der Waals surface area contributed by atoms with Crippen molar-refractivity contribution in [2.75, 3.05) is 19.5 Å². The first-order valence-corrected chi connectivity index (χ1v) is 7.74. The normalized spacial score (nSPS) is 14.5. The molecular formula is C10H21ClO3S. The van der Waals surface area contributed by atoms with Crippen molar-refractivity contribution in [2.45, 2.75) is 33.1 Å². The molecule has 3 nitrogen and oxygen atoms in total. The Kier molecular flexibility index (Phi) is 7.57. The molecule has 0 aliphatic heterocycles. The van der Waals surface area contributed by atoms with Crippen LogP contribution in [-0.2, 0) is 13.8 Å². The monoisotopic (exact) mass is 256 g/mol. The SMILES string of the molecule is COCCC(CCC(C)C)CS(=O)(=O)Cl. The van der Waals surface area contributed by atoms with Crippen LogP contribution in [-0.4, -0.2) is 27.9 Å². The largest absolute Gasteiger partial charge is 0.385 e. The van der Waals surface area contributed by atoms with E-state index in [9.17, 15) is 8.42 Å². The van der Waals surface area contributed by atoms with E-state index in [0.29, 0.717) is 12.5 Å². The minimum atomic E-state index is -3.38. The molecule has 1 unspecified atom stereocenters. The predicted molar refractivity (Wildman–Crippen MR) is 63.7 cm³/mol. The Balaban J connectivity index is 4.06. The average molecular weight is 257 g/mol. The summed E-state index contributed by atoms with van der Waals surface area (Å²) in [5.74, 6) is 0.771. The molecular weight excluding hydrogens is 236 g/mol. The lowest BCUT2D eigenvalue weighted by Gasteiger charge is -2.15. The second-order valence-corrected chi connectivity index (χ2v) is 7.15. The lowest BCUT2D eigenvalue weighted by atomic mass is 9.97. The van der Waals surface area contributed by atoms with Crippen LogP contribution in [0.3, 0.4) is 0 Å². The number of hydrogen-bond acceptors (Lipinski definition) is 3. The Morgan fingerprint density at radius 2 is 1.80 bits per heavy atom. The van der Waals surface area contributed by atoms with Crippen LogP contribution in [0.2, 0.25) is 0 Å². The molecule has 0 aromatic rings. The molecule has 0 saturated carbocycles. The number of halogens is 1. The van der Waals surface area contributed by atoms with E-state index in [2.05, 4.69) is 13.8 Å². The van der Waals surface area contributed by atoms with Gasteiger partial charge in [0.2, 0.25) is 9.05 Å². The molecule has 0 bridgehead atoms. The fourth-order valence-corrected chi connectivity index (χ4v) is 2.88. The van der Waals surface area contributed by atoms with Gasteiger partial charge in [0.05, 0.1) is 5.75 Å². The molecule has 0 aromatic heterocycles. The molecule has 0 spiro atoms. The Morgan fingerprint density at radius 1 is 1.20 bits per heavy atom. The molecule has 0 aliphatic carbocycles. The molecule has 0 radical (unpaired) electrons. The number of ether oxygens (including phenoxy) is 1. The van der Waals surface area contributed by atoms with Crippen molar-refractivity contribution in [3.63, 3.8) is 0 Å².